The number of hydrogen-bond donors (Lipinski definition) is 3. The number of amides is 3. The van der Waals surface area contributed by atoms with E-state index in [0.717, 1.165) is 106 Å². The molecule has 1 saturated heterocycles. The van der Waals surface area contributed by atoms with E-state index >= 15 is 0 Å². The highest BCUT2D eigenvalue weighted by Crippen LogP contribution is 2.33. The van der Waals surface area contributed by atoms with Crippen LogP contribution in [0.25, 0.3) is 0 Å². The van der Waals surface area contributed by atoms with Crippen molar-refractivity contribution < 1.29 is 28.6 Å². The predicted molar refractivity (Wildman–Crippen MR) is 249 cm³/mol. The van der Waals surface area contributed by atoms with Crippen molar-refractivity contribution >= 4 is 34.8 Å². The third-order valence-corrected chi connectivity index (χ3v) is 12.4. The number of anilines is 3. The van der Waals surface area contributed by atoms with Gasteiger partial charge < -0.3 is 30.2 Å². The number of fused-ring (bicyclic) bond motifs is 18. The Morgan fingerprint density at radius 2 is 0.698 bits per heavy atom. The Labute approximate surface area is 373 Å². The molecule has 0 radical (unpaired) electrons. The van der Waals surface area contributed by atoms with Crippen LogP contribution in [0.15, 0.2) is 72.8 Å². The highest BCUT2D eigenvalue weighted by molar-refractivity contribution is 5.96. The first kappa shape index (κ1) is 46.1. The van der Waals surface area contributed by atoms with E-state index in [4.69, 9.17) is 14.2 Å². The van der Waals surface area contributed by atoms with Crippen LogP contribution in [0.5, 0.6) is 0 Å². The first-order chi connectivity index (χ1) is 30.8. The lowest BCUT2D eigenvalue weighted by Gasteiger charge is -2.27. The maximum atomic E-state index is 14.2. The van der Waals surface area contributed by atoms with Gasteiger partial charge in [0.25, 0.3) is 0 Å². The van der Waals surface area contributed by atoms with E-state index in [1.165, 1.54) is 0 Å². The molecular weight excluding hydrogens is 793 g/mol. The van der Waals surface area contributed by atoms with E-state index in [2.05, 4.69) is 87.8 Å². The molecule has 1 fully saturated rings. The van der Waals surface area contributed by atoms with Gasteiger partial charge in [-0.25, -0.2) is 0 Å². The molecule has 336 valence electrons. The van der Waals surface area contributed by atoms with Gasteiger partial charge in [0, 0.05) is 76.0 Å². The number of carbonyl (C=O) groups excluding carboxylic acids is 3. The van der Waals surface area contributed by atoms with E-state index < -0.39 is 0 Å². The number of nitrogens with one attached hydrogen (secondary N) is 3. The van der Waals surface area contributed by atoms with Crippen LogP contribution in [-0.2, 0) is 86.8 Å². The largest absolute Gasteiger partial charge is 0.379 e. The minimum absolute atomic E-state index is 0.118. The number of nitrogens with zero attached hydrogens (tertiary/aromatic N) is 3. The van der Waals surface area contributed by atoms with Gasteiger partial charge in [-0.05, 0) is 106 Å². The molecule has 0 aromatic heterocycles. The van der Waals surface area contributed by atoms with Crippen LogP contribution in [0, 0.1) is 0 Å². The Hall–Kier alpha value is -4.95. The average Bonchev–Trinajstić information content (AvgIpc) is 3.25. The van der Waals surface area contributed by atoms with Crippen LogP contribution in [0.4, 0.5) is 17.1 Å². The van der Waals surface area contributed by atoms with Gasteiger partial charge in [-0.1, -0.05) is 57.2 Å². The summed E-state index contributed by atoms with van der Waals surface area (Å²) >= 11 is 0. The molecule has 63 heavy (non-hydrogen) atoms. The molecule has 0 saturated carbocycles. The lowest BCUT2D eigenvalue weighted by molar-refractivity contribution is -0.116. The fourth-order valence-corrected chi connectivity index (χ4v) is 9.41. The molecule has 12 heteroatoms. The highest BCUT2D eigenvalue weighted by atomic mass is 16.5. The third-order valence-electron chi connectivity index (χ3n) is 12.4. The normalized spacial score (nSPS) is 21.4. The van der Waals surface area contributed by atoms with Gasteiger partial charge in [-0.2, -0.15) is 0 Å². The number of carbonyl (C=O) groups is 3. The van der Waals surface area contributed by atoms with Crippen molar-refractivity contribution in [3.63, 3.8) is 0 Å². The first-order valence-corrected chi connectivity index (χ1v) is 23.0. The maximum Gasteiger partial charge on any atom is 0.228 e. The standard InChI is InChI=1S/C51H66N6O6/c1-4-43-46-31-49(58)52-40-13-7-10-37(28-40)34-55-16-22-61-23-17-56-19-25-63-27-21-57(20-26-62-24-18-55)36-39-12-9-15-42(30-39)54-51(60)33-48(44(46)5-2)45(6-3)47(43)32-50(59)53-41-14-8-11-38(29-41)35-56/h7-15,28-30H,4-6,16-27,31-36H2,1-3H3,(H,52,58)(H,53,59)(H,54,60). The van der Waals surface area contributed by atoms with Crippen molar-refractivity contribution in [2.45, 2.75) is 78.9 Å². The lowest BCUT2D eigenvalue weighted by Crippen LogP contribution is -2.35. The molecule has 12 bridgehead atoms. The SMILES string of the molecule is CCc1c2c(CC)c3c(CC)c1CC(=O)Nc1cccc(c1)CN1CCOCCN(CCOCCN(CCOCC1)Cc1cccc(c1)NC(=O)C3)Cc1cccc(c1)NC(=O)C2. The molecule has 4 aliphatic rings. The average molecular weight is 859 g/mol. The van der Waals surface area contributed by atoms with E-state index in [1.54, 1.807) is 0 Å². The van der Waals surface area contributed by atoms with Crippen molar-refractivity contribution in [2.24, 2.45) is 0 Å². The van der Waals surface area contributed by atoms with Crippen LogP contribution in [0.1, 0.15) is 70.8 Å². The van der Waals surface area contributed by atoms with Gasteiger partial charge in [0.05, 0.1) is 58.9 Å². The van der Waals surface area contributed by atoms with E-state index in [-0.39, 0.29) is 37.0 Å². The van der Waals surface area contributed by atoms with Gasteiger partial charge in [0.1, 0.15) is 0 Å². The van der Waals surface area contributed by atoms with Gasteiger partial charge in [0.2, 0.25) is 17.7 Å². The van der Waals surface area contributed by atoms with Crippen molar-refractivity contribution in [3.8, 4) is 0 Å². The van der Waals surface area contributed by atoms with Gasteiger partial charge in [0.15, 0.2) is 0 Å². The summed E-state index contributed by atoms with van der Waals surface area (Å²) < 4.78 is 18.9. The Morgan fingerprint density at radius 1 is 0.429 bits per heavy atom. The van der Waals surface area contributed by atoms with Crippen molar-refractivity contribution in [1.82, 2.24) is 14.7 Å². The maximum absolute atomic E-state index is 14.2. The second kappa shape index (κ2) is 23.1. The molecule has 4 heterocycles. The topological polar surface area (TPSA) is 125 Å². The number of rotatable bonds is 3. The Morgan fingerprint density at radius 3 is 0.952 bits per heavy atom. The van der Waals surface area contributed by atoms with Crippen LogP contribution < -0.4 is 16.0 Å². The molecule has 4 aromatic carbocycles. The van der Waals surface area contributed by atoms with Crippen LogP contribution in [0.3, 0.4) is 0 Å². The summed E-state index contributed by atoms with van der Waals surface area (Å²) in [5.41, 5.74) is 11.2. The Bertz CT molecular complexity index is 1910. The van der Waals surface area contributed by atoms with Crippen LogP contribution in [0.2, 0.25) is 0 Å². The monoisotopic (exact) mass is 859 g/mol. The molecule has 0 atom stereocenters. The Kier molecular flexibility index (Phi) is 16.9. The summed E-state index contributed by atoms with van der Waals surface area (Å²) in [6.45, 7) is 16.0. The predicted octanol–water partition coefficient (Wildman–Crippen LogP) is 6.41. The zero-order valence-electron chi connectivity index (χ0n) is 37.6. The second-order valence-corrected chi connectivity index (χ2v) is 16.9. The van der Waals surface area contributed by atoms with Crippen molar-refractivity contribution in [1.29, 1.82) is 0 Å². The quantitative estimate of drug-likeness (QED) is 0.215. The summed E-state index contributed by atoms with van der Waals surface area (Å²) in [4.78, 5) is 49.8. The molecule has 3 amide bonds. The highest BCUT2D eigenvalue weighted by Gasteiger charge is 2.26. The molecule has 4 aromatic rings. The van der Waals surface area contributed by atoms with Crippen LogP contribution in [-0.4, -0.2) is 111 Å². The lowest BCUT2D eigenvalue weighted by atomic mass is 9.80. The van der Waals surface area contributed by atoms with E-state index in [9.17, 15) is 14.4 Å². The summed E-state index contributed by atoms with van der Waals surface area (Å²) in [5.74, 6) is -0.425. The van der Waals surface area contributed by atoms with Crippen molar-refractivity contribution in [3.05, 3.63) is 123 Å². The zero-order chi connectivity index (χ0) is 44.0. The minimum Gasteiger partial charge on any atom is -0.379 e. The first-order valence-electron chi connectivity index (χ1n) is 23.0. The molecule has 8 rings (SSSR count). The zero-order valence-corrected chi connectivity index (χ0v) is 37.6. The summed E-state index contributed by atoms with van der Waals surface area (Å²) in [6.07, 6.45) is 2.26. The molecule has 0 unspecified atom stereocenters. The molecule has 4 aliphatic heterocycles. The van der Waals surface area contributed by atoms with Crippen LogP contribution >= 0.6 is 0 Å². The Balaban J connectivity index is 1.37. The number of benzene rings is 4. The molecule has 0 aliphatic carbocycles. The van der Waals surface area contributed by atoms with E-state index in [0.29, 0.717) is 78.5 Å². The van der Waals surface area contributed by atoms with Gasteiger partial charge in [-0.3, -0.25) is 29.1 Å². The number of ether oxygens (including phenoxy) is 3. The van der Waals surface area contributed by atoms with Crippen molar-refractivity contribution in [2.75, 3.05) is 94.9 Å². The fourth-order valence-electron chi connectivity index (χ4n) is 9.41. The molecule has 12 nitrogen and oxygen atoms in total. The molecule has 3 N–H and O–H groups in total. The molecular formula is C51H66N6O6. The summed E-state index contributed by atoms with van der Waals surface area (Å²) in [5, 5.41) is 9.63. The fraction of sp³-hybridized carbons (Fsp3) is 0.471. The van der Waals surface area contributed by atoms with Gasteiger partial charge in [-0.15, -0.1) is 0 Å². The smallest absolute Gasteiger partial charge is 0.228 e. The number of hydrogen-bond acceptors (Lipinski definition) is 9. The van der Waals surface area contributed by atoms with Gasteiger partial charge >= 0.3 is 0 Å². The summed E-state index contributed by atoms with van der Waals surface area (Å²) in [7, 11) is 0. The molecule has 0 spiro atoms. The minimum atomic E-state index is -0.142. The second-order valence-electron chi connectivity index (χ2n) is 16.9. The summed E-state index contributed by atoms with van der Waals surface area (Å²) in [6, 6.07) is 24.2. The third kappa shape index (κ3) is 13.1. The van der Waals surface area contributed by atoms with E-state index in [1.807, 2.05) is 36.4 Å².